The second-order valence-electron chi connectivity index (χ2n) is 2.12. The molecule has 70 valence electrons. The highest BCUT2D eigenvalue weighted by Gasteiger charge is 1.99. The van der Waals surface area contributed by atoms with Crippen LogP contribution in [0.3, 0.4) is 0 Å². The molecule has 0 aliphatic rings. The third kappa shape index (κ3) is 7.24. The van der Waals surface area contributed by atoms with Gasteiger partial charge in [0.15, 0.2) is 0 Å². The van der Waals surface area contributed by atoms with Crippen LogP contribution >= 0.6 is 0 Å². The average Bonchev–Trinajstić information content (AvgIpc) is 2.09. The zero-order valence-corrected chi connectivity index (χ0v) is 7.12. The van der Waals surface area contributed by atoms with Crippen LogP contribution in [0.4, 0.5) is 0 Å². The van der Waals surface area contributed by atoms with E-state index in [0.29, 0.717) is 19.8 Å². The molecule has 0 saturated heterocycles. The van der Waals surface area contributed by atoms with Crippen LogP contribution in [-0.2, 0) is 14.3 Å². The Hall–Kier alpha value is -0.870. The van der Waals surface area contributed by atoms with E-state index in [-0.39, 0.29) is 19.0 Å². The minimum atomic E-state index is -0.271. The van der Waals surface area contributed by atoms with Gasteiger partial charge in [0.2, 0.25) is 0 Å². The molecule has 2 N–H and O–H groups in total. The molecule has 0 amide bonds. The summed E-state index contributed by atoms with van der Waals surface area (Å²) in [6, 6.07) is 0. The molecular weight excluding hydrogens is 158 g/mol. The lowest BCUT2D eigenvalue weighted by Gasteiger charge is -2.02. The van der Waals surface area contributed by atoms with Gasteiger partial charge in [0.1, 0.15) is 6.61 Å². The fourth-order valence-corrected chi connectivity index (χ4v) is 0.565. The lowest BCUT2D eigenvalue weighted by molar-refractivity contribution is -0.143. The van der Waals surface area contributed by atoms with E-state index >= 15 is 0 Å². The van der Waals surface area contributed by atoms with Crippen molar-refractivity contribution in [2.24, 2.45) is 5.73 Å². The molecule has 12 heavy (non-hydrogen) atoms. The zero-order chi connectivity index (χ0) is 9.23. The van der Waals surface area contributed by atoms with Gasteiger partial charge in [-0.1, -0.05) is 12.7 Å². The van der Waals surface area contributed by atoms with Crippen molar-refractivity contribution in [3.63, 3.8) is 0 Å². The smallest absolute Gasteiger partial charge is 0.308 e. The second-order valence-corrected chi connectivity index (χ2v) is 2.12. The second kappa shape index (κ2) is 8.23. The highest BCUT2D eigenvalue weighted by atomic mass is 16.5. The highest BCUT2D eigenvalue weighted by Crippen LogP contribution is 1.87. The monoisotopic (exact) mass is 173 g/mol. The van der Waals surface area contributed by atoms with Crippen molar-refractivity contribution >= 4 is 5.97 Å². The molecule has 0 fully saturated rings. The first kappa shape index (κ1) is 11.1. The first-order chi connectivity index (χ1) is 5.81. The van der Waals surface area contributed by atoms with Crippen LogP contribution < -0.4 is 5.73 Å². The molecule has 0 radical (unpaired) electrons. The Balaban J connectivity index is 3.13. The number of hydrogen-bond donors (Lipinski definition) is 1. The van der Waals surface area contributed by atoms with E-state index in [1.54, 1.807) is 0 Å². The molecule has 0 atom stereocenters. The van der Waals surface area contributed by atoms with Gasteiger partial charge in [0.25, 0.3) is 0 Å². The van der Waals surface area contributed by atoms with Gasteiger partial charge in [0.05, 0.1) is 19.6 Å². The molecule has 4 nitrogen and oxygen atoms in total. The summed E-state index contributed by atoms with van der Waals surface area (Å²) >= 11 is 0. The number of rotatable bonds is 7. The Morgan fingerprint density at radius 1 is 1.50 bits per heavy atom. The maximum absolute atomic E-state index is 10.8. The summed E-state index contributed by atoms with van der Waals surface area (Å²) in [6.45, 7) is 5.00. The van der Waals surface area contributed by atoms with Crippen molar-refractivity contribution in [2.45, 2.75) is 6.42 Å². The van der Waals surface area contributed by atoms with Gasteiger partial charge in [0, 0.05) is 6.54 Å². The summed E-state index contributed by atoms with van der Waals surface area (Å²) in [5.41, 5.74) is 5.17. The lowest BCUT2D eigenvalue weighted by Crippen LogP contribution is -2.12. The number of ether oxygens (including phenoxy) is 2. The molecule has 0 spiro atoms. The Labute approximate surface area is 72.3 Å². The molecule has 0 bridgehead atoms. The van der Waals surface area contributed by atoms with Crippen molar-refractivity contribution in [1.29, 1.82) is 0 Å². The molecule has 0 unspecified atom stereocenters. The summed E-state index contributed by atoms with van der Waals surface area (Å²) in [6.07, 6.45) is 1.80. The van der Waals surface area contributed by atoms with E-state index in [2.05, 4.69) is 6.58 Å². The average molecular weight is 173 g/mol. The molecule has 0 saturated carbocycles. The van der Waals surface area contributed by atoms with E-state index in [9.17, 15) is 4.79 Å². The zero-order valence-electron chi connectivity index (χ0n) is 7.12. The third-order valence-electron chi connectivity index (χ3n) is 1.07. The van der Waals surface area contributed by atoms with E-state index in [1.807, 2.05) is 0 Å². The number of esters is 1. The van der Waals surface area contributed by atoms with E-state index in [4.69, 9.17) is 15.2 Å². The lowest BCUT2D eigenvalue weighted by atomic mass is 10.4. The highest BCUT2D eigenvalue weighted by molar-refractivity contribution is 5.69. The summed E-state index contributed by atoms with van der Waals surface area (Å²) in [5, 5.41) is 0. The van der Waals surface area contributed by atoms with Gasteiger partial charge in [-0.25, -0.2) is 0 Å². The molecule has 0 rings (SSSR count). The topological polar surface area (TPSA) is 61.5 Å². The quantitative estimate of drug-likeness (QED) is 0.336. The molecule has 0 aliphatic carbocycles. The van der Waals surface area contributed by atoms with Gasteiger partial charge in [-0.05, 0) is 0 Å². The van der Waals surface area contributed by atoms with Gasteiger partial charge in [-0.15, -0.1) is 0 Å². The van der Waals surface area contributed by atoms with Crippen molar-refractivity contribution in [1.82, 2.24) is 0 Å². The largest absolute Gasteiger partial charge is 0.461 e. The first-order valence-corrected chi connectivity index (χ1v) is 3.85. The molecule has 0 aromatic carbocycles. The number of carbonyl (C=O) groups excluding carboxylic acids is 1. The van der Waals surface area contributed by atoms with Gasteiger partial charge >= 0.3 is 5.97 Å². The molecule has 4 heteroatoms. The number of hydrogen-bond acceptors (Lipinski definition) is 4. The minimum absolute atomic E-state index is 0.260. The summed E-state index contributed by atoms with van der Waals surface area (Å²) in [7, 11) is 0. The van der Waals surface area contributed by atoms with Crippen molar-refractivity contribution in [3.05, 3.63) is 12.7 Å². The van der Waals surface area contributed by atoms with Crippen LogP contribution in [0.15, 0.2) is 12.7 Å². The molecule has 0 aliphatic heterocycles. The van der Waals surface area contributed by atoms with Crippen LogP contribution in [0.1, 0.15) is 6.42 Å². The standard InChI is InChI=1S/C8H15NO3/c1-2-5-12-8(10)3-6-11-7-4-9/h2H,1,3-7,9H2. The molecule has 0 aromatic rings. The van der Waals surface area contributed by atoms with Crippen molar-refractivity contribution in [2.75, 3.05) is 26.4 Å². The molecular formula is C8H15NO3. The maximum Gasteiger partial charge on any atom is 0.308 e. The van der Waals surface area contributed by atoms with Gasteiger partial charge < -0.3 is 15.2 Å². The number of carbonyl (C=O) groups is 1. The van der Waals surface area contributed by atoms with Crippen LogP contribution in [0.2, 0.25) is 0 Å². The Bertz CT molecular complexity index is 136. The van der Waals surface area contributed by atoms with Gasteiger partial charge in [-0.2, -0.15) is 0 Å². The maximum atomic E-state index is 10.8. The van der Waals surface area contributed by atoms with E-state index in [0.717, 1.165) is 0 Å². The predicted octanol–water partition coefficient (Wildman–Crippen LogP) is 0.0810. The molecule has 0 aromatic heterocycles. The predicted molar refractivity (Wildman–Crippen MR) is 45.6 cm³/mol. The third-order valence-corrected chi connectivity index (χ3v) is 1.07. The Morgan fingerprint density at radius 3 is 2.83 bits per heavy atom. The summed E-state index contributed by atoms with van der Waals surface area (Å²) in [5.74, 6) is -0.271. The van der Waals surface area contributed by atoms with Crippen LogP contribution in [0.25, 0.3) is 0 Å². The van der Waals surface area contributed by atoms with Crippen molar-refractivity contribution < 1.29 is 14.3 Å². The fourth-order valence-electron chi connectivity index (χ4n) is 0.565. The van der Waals surface area contributed by atoms with E-state index in [1.165, 1.54) is 6.08 Å². The normalized spacial score (nSPS) is 9.42. The molecule has 0 heterocycles. The van der Waals surface area contributed by atoms with Crippen LogP contribution in [-0.4, -0.2) is 32.3 Å². The summed E-state index contributed by atoms with van der Waals surface area (Å²) in [4.78, 5) is 10.8. The Kier molecular flexibility index (Phi) is 7.63. The van der Waals surface area contributed by atoms with Crippen LogP contribution in [0, 0.1) is 0 Å². The van der Waals surface area contributed by atoms with Gasteiger partial charge in [-0.3, -0.25) is 4.79 Å². The van der Waals surface area contributed by atoms with Crippen molar-refractivity contribution in [3.8, 4) is 0 Å². The summed E-state index contributed by atoms with van der Waals surface area (Å²) < 4.78 is 9.68. The first-order valence-electron chi connectivity index (χ1n) is 3.85. The fraction of sp³-hybridized carbons (Fsp3) is 0.625. The SMILES string of the molecule is C=CCOC(=O)CCOCCN. The van der Waals surface area contributed by atoms with Crippen LogP contribution in [0.5, 0.6) is 0 Å². The minimum Gasteiger partial charge on any atom is -0.461 e. The number of nitrogens with two attached hydrogens (primary N) is 1. The Morgan fingerprint density at radius 2 is 2.25 bits per heavy atom. The van der Waals surface area contributed by atoms with E-state index < -0.39 is 0 Å².